The summed E-state index contributed by atoms with van der Waals surface area (Å²) in [5.74, 6) is -0.538. The minimum atomic E-state index is -4.47. The molecule has 2 aromatic carbocycles. The molecule has 0 atom stereocenters. The molecule has 0 saturated carbocycles. The summed E-state index contributed by atoms with van der Waals surface area (Å²) in [5, 5.41) is 26.9. The smallest absolute Gasteiger partial charge is 0.416 e. The molecule has 0 radical (unpaired) electrons. The molecule has 0 bridgehead atoms. The van der Waals surface area contributed by atoms with Crippen LogP contribution in [-0.4, -0.2) is 10.2 Å². The lowest BCUT2D eigenvalue weighted by Crippen LogP contribution is -2.03. The van der Waals surface area contributed by atoms with Gasteiger partial charge in [0.05, 0.1) is 11.3 Å². The number of rotatable bonds is 3. The molecule has 22 heavy (non-hydrogen) atoms. The van der Waals surface area contributed by atoms with Crippen LogP contribution in [0, 0.1) is 0 Å². The van der Waals surface area contributed by atoms with Crippen molar-refractivity contribution in [3.05, 3.63) is 47.5 Å². The third-order valence-corrected chi connectivity index (χ3v) is 3.03. The van der Waals surface area contributed by atoms with Crippen molar-refractivity contribution in [3.63, 3.8) is 0 Å². The first kappa shape index (κ1) is 15.8. The predicted molar refractivity (Wildman–Crippen MR) is 74.8 cm³/mol. The fraction of sp³-hybridized carbons (Fsp3) is 0.200. The first-order chi connectivity index (χ1) is 10.3. The Kier molecular flexibility index (Phi) is 4.35. The van der Waals surface area contributed by atoms with Crippen molar-refractivity contribution in [1.82, 2.24) is 0 Å². The molecular weight excluding hydrogens is 297 g/mol. The maximum atomic E-state index is 12.6. The summed E-state index contributed by atoms with van der Waals surface area (Å²) in [4.78, 5) is 0. The third-order valence-electron chi connectivity index (χ3n) is 3.03. The molecule has 0 fully saturated rings. The molecule has 0 aromatic heterocycles. The van der Waals surface area contributed by atoms with E-state index in [9.17, 15) is 23.4 Å². The van der Waals surface area contributed by atoms with Gasteiger partial charge in [-0.1, -0.05) is 19.1 Å². The van der Waals surface area contributed by atoms with Crippen molar-refractivity contribution in [2.45, 2.75) is 19.5 Å². The van der Waals surface area contributed by atoms with Gasteiger partial charge >= 0.3 is 6.18 Å². The van der Waals surface area contributed by atoms with Gasteiger partial charge in [-0.05, 0) is 36.2 Å². The summed E-state index contributed by atoms with van der Waals surface area (Å²) < 4.78 is 37.8. The van der Waals surface area contributed by atoms with E-state index in [0.717, 1.165) is 12.1 Å². The normalized spacial score (nSPS) is 12.0. The zero-order valence-corrected chi connectivity index (χ0v) is 11.6. The second-order valence-electron chi connectivity index (χ2n) is 4.54. The summed E-state index contributed by atoms with van der Waals surface area (Å²) in [7, 11) is 0. The van der Waals surface area contributed by atoms with Gasteiger partial charge in [-0.15, -0.1) is 5.11 Å². The second kappa shape index (κ2) is 6.05. The molecule has 0 aliphatic rings. The molecular formula is C15H13F3N2O2. The number of aromatic hydroxyl groups is 2. The van der Waals surface area contributed by atoms with Crippen LogP contribution in [-0.2, 0) is 12.6 Å². The molecule has 0 heterocycles. The lowest BCUT2D eigenvalue weighted by atomic mass is 10.1. The molecule has 0 aliphatic heterocycles. The molecule has 4 nitrogen and oxygen atoms in total. The number of alkyl halides is 3. The zero-order valence-electron chi connectivity index (χ0n) is 11.6. The van der Waals surface area contributed by atoms with Gasteiger partial charge in [0.15, 0.2) is 5.69 Å². The van der Waals surface area contributed by atoms with Gasteiger partial charge in [0.2, 0.25) is 0 Å². The highest BCUT2D eigenvalue weighted by atomic mass is 19.4. The van der Waals surface area contributed by atoms with Crippen LogP contribution in [0.15, 0.2) is 46.6 Å². The van der Waals surface area contributed by atoms with Crippen LogP contribution in [0.1, 0.15) is 18.1 Å². The lowest BCUT2D eigenvalue weighted by molar-refractivity contribution is -0.137. The number of hydrogen-bond donors (Lipinski definition) is 2. The van der Waals surface area contributed by atoms with Gasteiger partial charge in [-0.3, -0.25) is 0 Å². The maximum absolute atomic E-state index is 12.6. The first-order valence-corrected chi connectivity index (χ1v) is 6.45. The molecule has 2 N–H and O–H groups in total. The number of hydrogen-bond acceptors (Lipinski definition) is 4. The van der Waals surface area contributed by atoms with Crippen molar-refractivity contribution in [2.75, 3.05) is 0 Å². The molecule has 0 amide bonds. The lowest BCUT2D eigenvalue weighted by Gasteiger charge is -2.07. The van der Waals surface area contributed by atoms with E-state index < -0.39 is 11.7 Å². The van der Waals surface area contributed by atoms with E-state index in [1.807, 2.05) is 0 Å². The van der Waals surface area contributed by atoms with Crippen molar-refractivity contribution in [3.8, 4) is 11.5 Å². The summed E-state index contributed by atoms with van der Waals surface area (Å²) in [5.41, 5.74) is -0.497. The van der Waals surface area contributed by atoms with Crippen LogP contribution in [0.3, 0.4) is 0 Å². The van der Waals surface area contributed by atoms with Gasteiger partial charge in [0, 0.05) is 0 Å². The zero-order chi connectivity index (χ0) is 16.3. The minimum Gasteiger partial charge on any atom is -0.505 e. The summed E-state index contributed by atoms with van der Waals surface area (Å²) >= 11 is 0. The SMILES string of the molecule is CCc1ccc(O)c(N=Nc2cccc(C(F)(F)F)c2)c1O. The monoisotopic (exact) mass is 310 g/mol. The van der Waals surface area contributed by atoms with Gasteiger partial charge in [0.1, 0.15) is 11.5 Å². The standard InChI is InChI=1S/C15H13F3N2O2/c1-2-9-6-7-12(21)13(14(9)22)20-19-11-5-3-4-10(8-11)15(16,17)18/h3-8,21-22H,2H2,1H3. The number of halogens is 3. The third kappa shape index (κ3) is 3.36. The van der Waals surface area contributed by atoms with Crippen molar-refractivity contribution in [2.24, 2.45) is 10.2 Å². The van der Waals surface area contributed by atoms with Crippen LogP contribution in [0.2, 0.25) is 0 Å². The number of phenols is 2. The molecule has 0 saturated heterocycles. The van der Waals surface area contributed by atoms with E-state index in [1.54, 1.807) is 6.92 Å². The maximum Gasteiger partial charge on any atom is 0.416 e. The van der Waals surface area contributed by atoms with Gasteiger partial charge < -0.3 is 10.2 Å². The average Bonchev–Trinajstić information content (AvgIpc) is 2.47. The topological polar surface area (TPSA) is 65.2 Å². The van der Waals surface area contributed by atoms with E-state index in [0.29, 0.717) is 12.0 Å². The Morgan fingerprint density at radius 3 is 2.41 bits per heavy atom. The molecule has 0 aliphatic carbocycles. The Balaban J connectivity index is 2.38. The number of benzene rings is 2. The van der Waals surface area contributed by atoms with Gasteiger partial charge in [0.25, 0.3) is 0 Å². The molecule has 7 heteroatoms. The fourth-order valence-electron chi connectivity index (χ4n) is 1.85. The van der Waals surface area contributed by atoms with Crippen LogP contribution in [0.4, 0.5) is 24.5 Å². The molecule has 116 valence electrons. The van der Waals surface area contributed by atoms with Crippen molar-refractivity contribution in [1.29, 1.82) is 0 Å². The highest BCUT2D eigenvalue weighted by Crippen LogP contribution is 2.40. The number of phenolic OH excluding ortho intramolecular Hbond substituents is 2. The molecule has 0 unspecified atom stereocenters. The Labute approximate surface area is 124 Å². The number of nitrogens with zero attached hydrogens (tertiary/aromatic N) is 2. The van der Waals surface area contributed by atoms with Crippen LogP contribution in [0.25, 0.3) is 0 Å². The molecule has 0 spiro atoms. The van der Waals surface area contributed by atoms with E-state index in [1.165, 1.54) is 24.3 Å². The first-order valence-electron chi connectivity index (χ1n) is 6.45. The fourth-order valence-corrected chi connectivity index (χ4v) is 1.85. The van der Waals surface area contributed by atoms with Crippen molar-refractivity contribution >= 4 is 11.4 Å². The van der Waals surface area contributed by atoms with Crippen LogP contribution in [0.5, 0.6) is 11.5 Å². The van der Waals surface area contributed by atoms with E-state index in [-0.39, 0.29) is 22.9 Å². The van der Waals surface area contributed by atoms with E-state index in [4.69, 9.17) is 0 Å². The second-order valence-corrected chi connectivity index (χ2v) is 4.54. The van der Waals surface area contributed by atoms with Crippen LogP contribution >= 0.6 is 0 Å². The Morgan fingerprint density at radius 1 is 1.05 bits per heavy atom. The molecule has 2 rings (SSSR count). The predicted octanol–water partition coefficient (Wildman–Crippen LogP) is 5.09. The summed E-state index contributed by atoms with van der Waals surface area (Å²) in [6, 6.07) is 7.19. The Bertz CT molecular complexity index is 712. The Morgan fingerprint density at radius 2 is 1.77 bits per heavy atom. The highest BCUT2D eigenvalue weighted by Gasteiger charge is 2.30. The van der Waals surface area contributed by atoms with E-state index >= 15 is 0 Å². The van der Waals surface area contributed by atoms with Gasteiger partial charge in [-0.2, -0.15) is 18.3 Å². The number of azo groups is 1. The summed E-state index contributed by atoms with van der Waals surface area (Å²) in [6.45, 7) is 1.81. The van der Waals surface area contributed by atoms with E-state index in [2.05, 4.69) is 10.2 Å². The highest BCUT2D eigenvalue weighted by molar-refractivity contribution is 5.64. The van der Waals surface area contributed by atoms with Crippen LogP contribution < -0.4 is 0 Å². The number of aryl methyl sites for hydroxylation is 1. The average molecular weight is 310 g/mol. The Hall–Kier alpha value is -2.57. The van der Waals surface area contributed by atoms with Crippen molar-refractivity contribution < 1.29 is 23.4 Å². The largest absolute Gasteiger partial charge is 0.505 e. The minimum absolute atomic E-state index is 0.0319. The van der Waals surface area contributed by atoms with Gasteiger partial charge in [-0.25, -0.2) is 0 Å². The quantitative estimate of drug-likeness (QED) is 0.775. The molecule has 2 aromatic rings. The summed E-state index contributed by atoms with van der Waals surface area (Å²) in [6.07, 6.45) is -3.96.